The number of ether oxygens (including phenoxy) is 1. The molecule has 5 nitrogen and oxygen atoms in total. The number of methoxy groups -OCH3 is 1. The Bertz CT molecular complexity index is 515. The summed E-state index contributed by atoms with van der Waals surface area (Å²) in [4.78, 5) is 0.300. The van der Waals surface area contributed by atoms with Gasteiger partial charge < -0.3 is 10.5 Å². The van der Waals surface area contributed by atoms with Crippen molar-refractivity contribution in [3.63, 3.8) is 0 Å². The molecule has 108 valence electrons. The Morgan fingerprint density at radius 3 is 2.63 bits per heavy atom. The van der Waals surface area contributed by atoms with Gasteiger partial charge in [0.25, 0.3) is 0 Å². The Kier molecular flexibility index (Phi) is 5.93. The highest BCUT2D eigenvalue weighted by molar-refractivity contribution is 7.89. The first-order chi connectivity index (χ1) is 8.90. The van der Waals surface area contributed by atoms with Gasteiger partial charge in [0.2, 0.25) is 10.0 Å². The highest BCUT2D eigenvalue weighted by atomic mass is 32.2. The van der Waals surface area contributed by atoms with Crippen molar-refractivity contribution in [2.24, 2.45) is 11.7 Å². The number of sulfonamides is 1. The molecule has 0 bridgehead atoms. The summed E-state index contributed by atoms with van der Waals surface area (Å²) in [5, 5.41) is 0. The van der Waals surface area contributed by atoms with Gasteiger partial charge in [-0.25, -0.2) is 13.1 Å². The molecule has 0 aliphatic heterocycles. The molecule has 0 radical (unpaired) electrons. The molecule has 1 atom stereocenters. The number of nitrogens with two attached hydrogens (primary N) is 1. The first kappa shape index (κ1) is 16.1. The third kappa shape index (κ3) is 4.58. The molecule has 6 heteroatoms. The fourth-order valence-electron chi connectivity index (χ4n) is 1.81. The van der Waals surface area contributed by atoms with Crippen molar-refractivity contribution < 1.29 is 13.2 Å². The van der Waals surface area contributed by atoms with E-state index in [-0.39, 0.29) is 5.92 Å². The maximum atomic E-state index is 12.2. The lowest BCUT2D eigenvalue weighted by Crippen LogP contribution is -2.30. The zero-order valence-corrected chi connectivity index (χ0v) is 12.5. The van der Waals surface area contributed by atoms with Crippen LogP contribution in [0.4, 0.5) is 0 Å². The van der Waals surface area contributed by atoms with E-state index in [2.05, 4.69) is 4.72 Å². The quantitative estimate of drug-likeness (QED) is 0.784. The van der Waals surface area contributed by atoms with Crippen molar-refractivity contribution in [1.29, 1.82) is 0 Å². The number of nitrogens with one attached hydrogen (secondary N) is 1. The molecule has 0 aliphatic carbocycles. The molecule has 0 saturated heterocycles. The van der Waals surface area contributed by atoms with Crippen molar-refractivity contribution >= 4 is 10.0 Å². The van der Waals surface area contributed by atoms with Gasteiger partial charge in [-0.15, -0.1) is 0 Å². The number of hydrogen-bond donors (Lipinski definition) is 2. The lowest BCUT2D eigenvalue weighted by Gasteiger charge is -2.13. The molecule has 0 amide bonds. The molecule has 1 rings (SSSR count). The Morgan fingerprint density at radius 2 is 2.11 bits per heavy atom. The summed E-state index contributed by atoms with van der Waals surface area (Å²) in [6, 6.07) is 5.13. The van der Waals surface area contributed by atoms with Crippen LogP contribution in [-0.4, -0.2) is 28.7 Å². The highest BCUT2D eigenvalue weighted by Gasteiger charge is 2.17. The summed E-state index contributed by atoms with van der Waals surface area (Å²) < 4.78 is 31.9. The summed E-state index contributed by atoms with van der Waals surface area (Å²) >= 11 is 0. The maximum Gasteiger partial charge on any atom is 0.240 e. The average Bonchev–Trinajstić information content (AvgIpc) is 2.36. The highest BCUT2D eigenvalue weighted by Crippen LogP contribution is 2.16. The fourth-order valence-corrected chi connectivity index (χ4v) is 3.20. The molecule has 0 fully saturated rings. The van der Waals surface area contributed by atoms with Crippen LogP contribution in [0.2, 0.25) is 0 Å². The number of rotatable bonds is 7. The van der Waals surface area contributed by atoms with Crippen LogP contribution in [0.5, 0.6) is 0 Å². The standard InChI is InChI=1S/C13H22N2O3S/c1-10(9-18-3)8-15-19(16,17)13-5-4-12(7-14)6-11(13)2/h4-6,10,15H,7-9,14H2,1-3H3. The average molecular weight is 286 g/mol. The van der Waals surface area contributed by atoms with Gasteiger partial charge in [-0.05, 0) is 30.0 Å². The van der Waals surface area contributed by atoms with Gasteiger partial charge in [0.05, 0.1) is 4.90 Å². The predicted octanol–water partition coefficient (Wildman–Crippen LogP) is 1.01. The van der Waals surface area contributed by atoms with E-state index in [1.807, 2.05) is 6.92 Å². The van der Waals surface area contributed by atoms with Gasteiger partial charge in [-0.2, -0.15) is 0 Å². The third-order valence-electron chi connectivity index (χ3n) is 2.84. The zero-order valence-electron chi connectivity index (χ0n) is 11.6. The molecule has 19 heavy (non-hydrogen) atoms. The second-order valence-corrected chi connectivity index (χ2v) is 6.45. The van der Waals surface area contributed by atoms with E-state index >= 15 is 0 Å². The van der Waals surface area contributed by atoms with Gasteiger partial charge >= 0.3 is 0 Å². The largest absolute Gasteiger partial charge is 0.384 e. The molecule has 1 aromatic carbocycles. The molecule has 0 heterocycles. The predicted molar refractivity (Wildman–Crippen MR) is 75.3 cm³/mol. The summed E-state index contributed by atoms with van der Waals surface area (Å²) in [6.07, 6.45) is 0. The van der Waals surface area contributed by atoms with Crippen molar-refractivity contribution in [2.75, 3.05) is 20.3 Å². The van der Waals surface area contributed by atoms with Gasteiger partial charge in [0, 0.05) is 26.8 Å². The Balaban J connectivity index is 2.83. The summed E-state index contributed by atoms with van der Waals surface area (Å²) in [5.74, 6) is 0.128. The zero-order chi connectivity index (χ0) is 14.5. The molecule has 1 aromatic rings. The van der Waals surface area contributed by atoms with E-state index in [1.165, 1.54) is 0 Å². The maximum absolute atomic E-state index is 12.2. The Labute approximate surface area is 115 Å². The van der Waals surface area contributed by atoms with Crippen LogP contribution in [0.1, 0.15) is 18.1 Å². The van der Waals surface area contributed by atoms with Crippen molar-refractivity contribution in [3.05, 3.63) is 29.3 Å². The van der Waals surface area contributed by atoms with Crippen molar-refractivity contribution in [3.8, 4) is 0 Å². The lowest BCUT2D eigenvalue weighted by atomic mass is 10.1. The van der Waals surface area contributed by atoms with Crippen molar-refractivity contribution in [2.45, 2.75) is 25.3 Å². The molecule has 1 unspecified atom stereocenters. The van der Waals surface area contributed by atoms with E-state index in [0.29, 0.717) is 30.2 Å². The third-order valence-corrected chi connectivity index (χ3v) is 4.42. The number of benzene rings is 1. The normalized spacial score (nSPS) is 13.5. The van der Waals surface area contributed by atoms with E-state index in [1.54, 1.807) is 32.2 Å². The minimum absolute atomic E-state index is 0.128. The first-order valence-electron chi connectivity index (χ1n) is 6.19. The van der Waals surface area contributed by atoms with Crippen LogP contribution in [0.3, 0.4) is 0 Å². The fraction of sp³-hybridized carbons (Fsp3) is 0.538. The second-order valence-electron chi connectivity index (χ2n) is 4.72. The van der Waals surface area contributed by atoms with E-state index in [4.69, 9.17) is 10.5 Å². The monoisotopic (exact) mass is 286 g/mol. The van der Waals surface area contributed by atoms with Crippen LogP contribution in [-0.2, 0) is 21.3 Å². The summed E-state index contributed by atoms with van der Waals surface area (Å²) in [6.45, 7) is 4.98. The summed E-state index contributed by atoms with van der Waals surface area (Å²) in [7, 11) is -1.88. The molecular weight excluding hydrogens is 264 g/mol. The minimum atomic E-state index is -3.48. The van der Waals surface area contributed by atoms with Crippen LogP contribution in [0.25, 0.3) is 0 Å². The van der Waals surface area contributed by atoms with E-state index in [0.717, 1.165) is 5.56 Å². The van der Waals surface area contributed by atoms with Crippen LogP contribution < -0.4 is 10.5 Å². The second kappa shape index (κ2) is 7.00. The van der Waals surface area contributed by atoms with Gasteiger partial charge in [-0.3, -0.25) is 0 Å². The Hall–Kier alpha value is -0.950. The van der Waals surface area contributed by atoms with E-state index < -0.39 is 10.0 Å². The minimum Gasteiger partial charge on any atom is -0.384 e. The number of hydrogen-bond acceptors (Lipinski definition) is 4. The van der Waals surface area contributed by atoms with Gasteiger partial charge in [0.15, 0.2) is 0 Å². The molecule has 3 N–H and O–H groups in total. The van der Waals surface area contributed by atoms with E-state index in [9.17, 15) is 8.42 Å². The smallest absolute Gasteiger partial charge is 0.240 e. The SMILES string of the molecule is COCC(C)CNS(=O)(=O)c1ccc(CN)cc1C. The van der Waals surface area contributed by atoms with Crippen LogP contribution >= 0.6 is 0 Å². The van der Waals surface area contributed by atoms with Crippen LogP contribution in [0, 0.1) is 12.8 Å². The molecule has 0 spiro atoms. The number of aryl methyl sites for hydroxylation is 1. The van der Waals surface area contributed by atoms with Gasteiger partial charge in [-0.1, -0.05) is 19.1 Å². The summed E-state index contributed by atoms with van der Waals surface area (Å²) in [5.41, 5.74) is 7.15. The Morgan fingerprint density at radius 1 is 1.42 bits per heavy atom. The lowest BCUT2D eigenvalue weighted by molar-refractivity contribution is 0.161. The molecular formula is C13H22N2O3S. The molecule has 0 aromatic heterocycles. The topological polar surface area (TPSA) is 81.4 Å². The van der Waals surface area contributed by atoms with Gasteiger partial charge in [0.1, 0.15) is 0 Å². The molecule has 0 aliphatic rings. The first-order valence-corrected chi connectivity index (χ1v) is 7.67. The molecule has 0 saturated carbocycles. The van der Waals surface area contributed by atoms with Crippen molar-refractivity contribution in [1.82, 2.24) is 4.72 Å². The van der Waals surface area contributed by atoms with Crippen LogP contribution in [0.15, 0.2) is 23.1 Å².